The third kappa shape index (κ3) is 6.48. The number of ether oxygens (including phenoxy) is 3. The summed E-state index contributed by atoms with van der Waals surface area (Å²) in [6, 6.07) is 17.2. The molecular weight excluding hydrogens is 360 g/mol. The van der Waals surface area contributed by atoms with Gasteiger partial charge in [0.1, 0.15) is 5.60 Å². The Labute approximate surface area is 165 Å². The van der Waals surface area contributed by atoms with E-state index in [0.29, 0.717) is 11.1 Å². The number of aliphatic hydroxyl groups is 1. The summed E-state index contributed by atoms with van der Waals surface area (Å²) in [5, 5.41) is 9.66. The summed E-state index contributed by atoms with van der Waals surface area (Å²) in [6.07, 6.45) is 0. The molecule has 0 aliphatic rings. The van der Waals surface area contributed by atoms with Crippen LogP contribution in [0.4, 0.5) is 0 Å². The fourth-order valence-corrected chi connectivity index (χ4v) is 2.39. The van der Waals surface area contributed by atoms with Crippen molar-refractivity contribution in [3.05, 3.63) is 71.8 Å². The zero-order chi connectivity index (χ0) is 20.6. The van der Waals surface area contributed by atoms with E-state index in [4.69, 9.17) is 14.2 Å². The molecule has 2 aromatic carbocycles. The number of hydrogen-bond acceptors (Lipinski definition) is 6. The Bertz CT molecular complexity index is 772. The number of benzene rings is 2. The first-order chi connectivity index (χ1) is 13.2. The molecule has 0 aromatic heterocycles. The third-order valence-corrected chi connectivity index (χ3v) is 3.92. The van der Waals surface area contributed by atoms with Crippen molar-refractivity contribution in [2.45, 2.75) is 32.0 Å². The Balaban J connectivity index is 1.88. The van der Waals surface area contributed by atoms with Crippen LogP contribution in [0.1, 0.15) is 41.5 Å². The fraction of sp³-hybridized carbons (Fsp3) is 0.364. The van der Waals surface area contributed by atoms with Crippen molar-refractivity contribution in [2.24, 2.45) is 0 Å². The van der Waals surface area contributed by atoms with E-state index in [-0.39, 0.29) is 13.2 Å². The van der Waals surface area contributed by atoms with Gasteiger partial charge in [0, 0.05) is 0 Å². The van der Waals surface area contributed by atoms with Gasteiger partial charge in [-0.1, -0.05) is 36.4 Å². The molecule has 150 valence electrons. The van der Waals surface area contributed by atoms with E-state index in [1.165, 1.54) is 0 Å². The Morgan fingerprint density at radius 1 is 0.786 bits per heavy atom. The minimum Gasteiger partial charge on any atom is -0.454 e. The molecule has 0 saturated carbocycles. The van der Waals surface area contributed by atoms with Crippen molar-refractivity contribution >= 4 is 11.9 Å². The molecule has 28 heavy (non-hydrogen) atoms. The first-order valence-electron chi connectivity index (χ1n) is 9.00. The smallest absolute Gasteiger partial charge is 0.338 e. The minimum atomic E-state index is -1.22. The summed E-state index contributed by atoms with van der Waals surface area (Å²) >= 11 is 0. The lowest BCUT2D eigenvalue weighted by atomic mass is 10.1. The van der Waals surface area contributed by atoms with Gasteiger partial charge in [-0.15, -0.1) is 0 Å². The van der Waals surface area contributed by atoms with Crippen molar-refractivity contribution in [2.75, 3.05) is 19.8 Å². The summed E-state index contributed by atoms with van der Waals surface area (Å²) in [4.78, 5) is 24.4. The second-order valence-corrected chi connectivity index (χ2v) is 7.37. The van der Waals surface area contributed by atoms with Crippen LogP contribution in [-0.2, 0) is 14.2 Å². The van der Waals surface area contributed by atoms with E-state index in [1.807, 2.05) is 6.07 Å². The SMILES string of the molecule is CC(C)(COCC(C)(CO)OC(=O)c1ccccc1)OC(=O)c1ccccc1. The summed E-state index contributed by atoms with van der Waals surface area (Å²) in [7, 11) is 0. The summed E-state index contributed by atoms with van der Waals surface area (Å²) in [5.41, 5.74) is -1.27. The lowest BCUT2D eigenvalue weighted by Gasteiger charge is -2.30. The number of aliphatic hydroxyl groups excluding tert-OH is 1. The summed E-state index contributed by atoms with van der Waals surface area (Å²) in [5.74, 6) is -0.995. The standard InChI is InChI=1S/C22H26O6/c1-21(2,27-19(24)17-10-6-4-7-11-17)15-26-16-22(3,14-23)28-20(25)18-12-8-5-9-13-18/h4-13,23H,14-16H2,1-3H3. The molecule has 2 aromatic rings. The van der Waals surface area contributed by atoms with Crippen molar-refractivity contribution in [1.29, 1.82) is 0 Å². The van der Waals surface area contributed by atoms with Crippen LogP contribution in [0.3, 0.4) is 0 Å². The number of hydrogen-bond donors (Lipinski definition) is 1. The summed E-state index contributed by atoms with van der Waals surface area (Å²) in [6.45, 7) is 4.64. The molecule has 0 spiro atoms. The van der Waals surface area contributed by atoms with Crippen molar-refractivity contribution in [3.8, 4) is 0 Å². The zero-order valence-electron chi connectivity index (χ0n) is 16.4. The second-order valence-electron chi connectivity index (χ2n) is 7.37. The molecule has 2 rings (SSSR count). The van der Waals surface area contributed by atoms with Gasteiger partial charge in [-0.05, 0) is 45.0 Å². The monoisotopic (exact) mass is 386 g/mol. The molecule has 0 fully saturated rings. The average Bonchev–Trinajstić information content (AvgIpc) is 2.68. The quantitative estimate of drug-likeness (QED) is 0.666. The lowest BCUT2D eigenvalue weighted by molar-refractivity contribution is -0.107. The Kier molecular flexibility index (Phi) is 7.31. The van der Waals surface area contributed by atoms with Gasteiger partial charge in [-0.3, -0.25) is 0 Å². The van der Waals surface area contributed by atoms with Crippen LogP contribution >= 0.6 is 0 Å². The van der Waals surface area contributed by atoms with Gasteiger partial charge >= 0.3 is 11.9 Å². The molecule has 0 heterocycles. The molecular formula is C22H26O6. The number of esters is 2. The number of rotatable bonds is 9. The highest BCUT2D eigenvalue weighted by molar-refractivity contribution is 5.90. The third-order valence-electron chi connectivity index (χ3n) is 3.92. The predicted octanol–water partition coefficient (Wildman–Crippen LogP) is 3.25. The Hall–Kier alpha value is -2.70. The van der Waals surface area contributed by atoms with E-state index >= 15 is 0 Å². The van der Waals surface area contributed by atoms with Gasteiger partial charge in [0.05, 0.1) is 30.9 Å². The molecule has 0 amide bonds. The van der Waals surface area contributed by atoms with Crippen molar-refractivity contribution < 1.29 is 28.9 Å². The predicted molar refractivity (Wildman–Crippen MR) is 104 cm³/mol. The molecule has 6 nitrogen and oxygen atoms in total. The highest BCUT2D eigenvalue weighted by atomic mass is 16.6. The topological polar surface area (TPSA) is 82.1 Å². The van der Waals surface area contributed by atoms with Crippen LogP contribution < -0.4 is 0 Å². The lowest BCUT2D eigenvalue weighted by Crippen LogP contribution is -2.43. The molecule has 1 N–H and O–H groups in total. The van der Waals surface area contributed by atoms with Crippen LogP contribution in [0.15, 0.2) is 60.7 Å². The molecule has 0 aliphatic heterocycles. The Morgan fingerprint density at radius 2 is 1.25 bits per heavy atom. The zero-order valence-corrected chi connectivity index (χ0v) is 16.4. The van der Waals surface area contributed by atoms with E-state index in [2.05, 4.69) is 0 Å². The molecule has 6 heteroatoms. The van der Waals surface area contributed by atoms with E-state index in [0.717, 1.165) is 0 Å². The van der Waals surface area contributed by atoms with Gasteiger partial charge in [0.15, 0.2) is 5.60 Å². The van der Waals surface area contributed by atoms with Gasteiger partial charge in [-0.25, -0.2) is 9.59 Å². The first-order valence-corrected chi connectivity index (χ1v) is 9.00. The largest absolute Gasteiger partial charge is 0.454 e. The van der Waals surface area contributed by atoms with Gasteiger partial charge < -0.3 is 19.3 Å². The van der Waals surface area contributed by atoms with Crippen LogP contribution in [0.5, 0.6) is 0 Å². The Morgan fingerprint density at radius 3 is 1.71 bits per heavy atom. The normalized spacial score (nSPS) is 13.4. The maximum atomic E-state index is 12.2. The second kappa shape index (κ2) is 9.48. The van der Waals surface area contributed by atoms with Crippen molar-refractivity contribution in [1.82, 2.24) is 0 Å². The molecule has 0 saturated heterocycles. The van der Waals surface area contributed by atoms with Crippen LogP contribution in [0.2, 0.25) is 0 Å². The molecule has 1 unspecified atom stereocenters. The average molecular weight is 386 g/mol. The fourth-order valence-electron chi connectivity index (χ4n) is 2.39. The van der Waals surface area contributed by atoms with Gasteiger partial charge in [0.2, 0.25) is 0 Å². The van der Waals surface area contributed by atoms with Crippen molar-refractivity contribution in [3.63, 3.8) is 0 Å². The van der Waals surface area contributed by atoms with E-state index in [1.54, 1.807) is 75.4 Å². The molecule has 1 atom stereocenters. The number of carbonyl (C=O) groups is 2. The summed E-state index contributed by atoms with van der Waals surface area (Å²) < 4.78 is 16.5. The highest BCUT2D eigenvalue weighted by Crippen LogP contribution is 2.18. The van der Waals surface area contributed by atoms with Crippen LogP contribution in [-0.4, -0.2) is 48.1 Å². The van der Waals surface area contributed by atoms with Crippen LogP contribution in [0.25, 0.3) is 0 Å². The molecule has 0 radical (unpaired) electrons. The highest BCUT2D eigenvalue weighted by Gasteiger charge is 2.31. The minimum absolute atomic E-state index is 0.0472. The van der Waals surface area contributed by atoms with E-state index < -0.39 is 29.7 Å². The first kappa shape index (κ1) is 21.6. The van der Waals surface area contributed by atoms with Crippen LogP contribution in [0, 0.1) is 0 Å². The molecule has 0 aliphatic carbocycles. The number of carbonyl (C=O) groups excluding carboxylic acids is 2. The maximum absolute atomic E-state index is 12.2. The maximum Gasteiger partial charge on any atom is 0.338 e. The van der Waals surface area contributed by atoms with Gasteiger partial charge in [0.25, 0.3) is 0 Å². The molecule has 0 bridgehead atoms. The van der Waals surface area contributed by atoms with Gasteiger partial charge in [-0.2, -0.15) is 0 Å². The van der Waals surface area contributed by atoms with E-state index in [9.17, 15) is 14.7 Å².